The van der Waals surface area contributed by atoms with Crippen LogP contribution >= 0.6 is 23.2 Å². The third-order valence-corrected chi connectivity index (χ3v) is 4.40. The van der Waals surface area contributed by atoms with Gasteiger partial charge in [0.15, 0.2) is 5.84 Å². The first-order chi connectivity index (χ1) is 9.98. The molecule has 0 aromatic heterocycles. The lowest BCUT2D eigenvalue weighted by Crippen LogP contribution is -2.58. The van der Waals surface area contributed by atoms with E-state index >= 15 is 0 Å². The Labute approximate surface area is 133 Å². The second-order valence-electron chi connectivity index (χ2n) is 5.21. The SMILES string of the molecule is N/C(=N/O)C1(NC(=O)c2cc(Cl)ccc2Cl)CCCCC1. The molecule has 1 aromatic carbocycles. The van der Waals surface area contributed by atoms with Crippen molar-refractivity contribution in [1.82, 2.24) is 5.32 Å². The number of carbonyl (C=O) groups is 1. The summed E-state index contributed by atoms with van der Waals surface area (Å²) in [5, 5.41) is 15.7. The van der Waals surface area contributed by atoms with Gasteiger partial charge in [-0.25, -0.2) is 0 Å². The minimum atomic E-state index is -0.824. The third-order valence-electron chi connectivity index (χ3n) is 3.83. The summed E-state index contributed by atoms with van der Waals surface area (Å²) in [4.78, 5) is 12.5. The van der Waals surface area contributed by atoms with Crippen LogP contribution in [0.2, 0.25) is 10.0 Å². The van der Waals surface area contributed by atoms with E-state index in [1.165, 1.54) is 6.07 Å². The van der Waals surface area contributed by atoms with Crippen LogP contribution < -0.4 is 11.1 Å². The second kappa shape index (κ2) is 6.54. The molecule has 1 aliphatic carbocycles. The average Bonchev–Trinajstić information content (AvgIpc) is 2.49. The van der Waals surface area contributed by atoms with Crippen molar-refractivity contribution in [1.29, 1.82) is 0 Å². The Bertz CT molecular complexity index is 569. The fraction of sp³-hybridized carbons (Fsp3) is 0.429. The molecule has 0 heterocycles. The molecule has 2 rings (SSSR count). The molecule has 0 atom stereocenters. The largest absolute Gasteiger partial charge is 0.409 e. The van der Waals surface area contributed by atoms with Gasteiger partial charge >= 0.3 is 0 Å². The van der Waals surface area contributed by atoms with Gasteiger partial charge in [0.2, 0.25) is 0 Å². The van der Waals surface area contributed by atoms with E-state index < -0.39 is 5.54 Å². The van der Waals surface area contributed by atoms with E-state index in [2.05, 4.69) is 10.5 Å². The molecule has 0 bridgehead atoms. The molecule has 1 fully saturated rings. The minimum Gasteiger partial charge on any atom is -0.409 e. The average molecular weight is 330 g/mol. The van der Waals surface area contributed by atoms with E-state index in [1.807, 2.05) is 0 Å². The lowest BCUT2D eigenvalue weighted by atomic mass is 9.80. The number of nitrogens with one attached hydrogen (secondary N) is 1. The molecule has 4 N–H and O–H groups in total. The molecule has 0 spiro atoms. The molecule has 0 unspecified atom stereocenters. The van der Waals surface area contributed by atoms with Gasteiger partial charge in [-0.15, -0.1) is 0 Å². The van der Waals surface area contributed by atoms with Crippen molar-refractivity contribution in [3.05, 3.63) is 33.8 Å². The monoisotopic (exact) mass is 329 g/mol. The summed E-state index contributed by atoms with van der Waals surface area (Å²) in [5.74, 6) is -0.357. The zero-order valence-electron chi connectivity index (χ0n) is 11.4. The van der Waals surface area contributed by atoms with Gasteiger partial charge < -0.3 is 16.3 Å². The number of carbonyl (C=O) groups excluding carboxylic acids is 1. The summed E-state index contributed by atoms with van der Waals surface area (Å²) in [7, 11) is 0. The molecular weight excluding hydrogens is 313 g/mol. The molecule has 1 aromatic rings. The highest BCUT2D eigenvalue weighted by molar-refractivity contribution is 6.35. The van der Waals surface area contributed by atoms with Crippen LogP contribution in [0.5, 0.6) is 0 Å². The summed E-state index contributed by atoms with van der Waals surface area (Å²) >= 11 is 11.9. The van der Waals surface area contributed by atoms with Crippen LogP contribution in [0.3, 0.4) is 0 Å². The molecule has 1 aliphatic rings. The highest BCUT2D eigenvalue weighted by atomic mass is 35.5. The molecule has 5 nitrogen and oxygen atoms in total. The quantitative estimate of drug-likeness (QED) is 0.344. The Morgan fingerprint density at radius 1 is 1.29 bits per heavy atom. The van der Waals surface area contributed by atoms with Gasteiger partial charge in [0.05, 0.1) is 10.6 Å². The molecule has 21 heavy (non-hydrogen) atoms. The van der Waals surface area contributed by atoms with E-state index in [0.29, 0.717) is 22.9 Å². The van der Waals surface area contributed by atoms with Crippen LogP contribution in [0, 0.1) is 0 Å². The lowest BCUT2D eigenvalue weighted by Gasteiger charge is -2.36. The Morgan fingerprint density at radius 2 is 1.95 bits per heavy atom. The molecule has 1 amide bonds. The topological polar surface area (TPSA) is 87.7 Å². The molecular formula is C14H17Cl2N3O2. The maximum atomic E-state index is 12.5. The Hall–Kier alpha value is -1.46. The van der Waals surface area contributed by atoms with E-state index in [9.17, 15) is 4.79 Å². The van der Waals surface area contributed by atoms with Gasteiger partial charge in [0.1, 0.15) is 5.54 Å². The zero-order valence-corrected chi connectivity index (χ0v) is 12.9. The van der Waals surface area contributed by atoms with E-state index in [1.54, 1.807) is 12.1 Å². The Kier molecular flexibility index (Phi) is 4.96. The lowest BCUT2D eigenvalue weighted by molar-refractivity contribution is 0.0906. The number of amidine groups is 1. The number of nitrogens with zero attached hydrogens (tertiary/aromatic N) is 1. The third kappa shape index (κ3) is 3.41. The van der Waals surface area contributed by atoms with Crippen molar-refractivity contribution in [2.45, 2.75) is 37.6 Å². The van der Waals surface area contributed by atoms with Crippen LogP contribution in [0.15, 0.2) is 23.4 Å². The fourth-order valence-electron chi connectivity index (χ4n) is 2.65. The van der Waals surface area contributed by atoms with Crippen molar-refractivity contribution in [2.24, 2.45) is 10.9 Å². The van der Waals surface area contributed by atoms with Crippen LogP contribution in [0.25, 0.3) is 0 Å². The maximum Gasteiger partial charge on any atom is 0.253 e. The molecule has 114 valence electrons. The maximum absolute atomic E-state index is 12.5. The van der Waals surface area contributed by atoms with Gasteiger partial charge in [-0.05, 0) is 31.0 Å². The fourth-order valence-corrected chi connectivity index (χ4v) is 3.03. The van der Waals surface area contributed by atoms with E-state index in [4.69, 9.17) is 34.1 Å². The van der Waals surface area contributed by atoms with Crippen molar-refractivity contribution in [2.75, 3.05) is 0 Å². The first kappa shape index (κ1) is 15.9. The van der Waals surface area contributed by atoms with Crippen molar-refractivity contribution in [3.63, 3.8) is 0 Å². The van der Waals surface area contributed by atoms with Gasteiger partial charge in [-0.2, -0.15) is 0 Å². The highest BCUT2D eigenvalue weighted by Gasteiger charge is 2.38. The van der Waals surface area contributed by atoms with Crippen LogP contribution in [0.1, 0.15) is 42.5 Å². The first-order valence-electron chi connectivity index (χ1n) is 6.74. The normalized spacial score (nSPS) is 18.3. The standard InChI is InChI=1S/C14H17Cl2N3O2/c15-9-4-5-11(16)10(8-9)12(20)18-14(13(17)19-21)6-2-1-3-7-14/h4-5,8,21H,1-3,6-7H2,(H2,17,19)(H,18,20). The predicted molar refractivity (Wildman–Crippen MR) is 83.2 cm³/mol. The Morgan fingerprint density at radius 3 is 2.57 bits per heavy atom. The summed E-state index contributed by atoms with van der Waals surface area (Å²) in [6.45, 7) is 0. The van der Waals surface area contributed by atoms with Crippen molar-refractivity contribution < 1.29 is 10.0 Å². The second-order valence-corrected chi connectivity index (χ2v) is 6.05. The number of rotatable bonds is 3. The smallest absolute Gasteiger partial charge is 0.253 e. The van der Waals surface area contributed by atoms with Crippen LogP contribution in [0.4, 0.5) is 0 Å². The van der Waals surface area contributed by atoms with Gasteiger partial charge in [-0.3, -0.25) is 4.79 Å². The Balaban J connectivity index is 2.28. The number of benzene rings is 1. The van der Waals surface area contributed by atoms with Crippen molar-refractivity contribution in [3.8, 4) is 0 Å². The van der Waals surface area contributed by atoms with Gasteiger partial charge in [-0.1, -0.05) is 47.6 Å². The summed E-state index contributed by atoms with van der Waals surface area (Å²) in [5.41, 5.74) is 5.26. The van der Waals surface area contributed by atoms with Crippen LogP contribution in [-0.4, -0.2) is 22.5 Å². The minimum absolute atomic E-state index is 0.0219. The number of nitrogens with two attached hydrogens (primary N) is 1. The highest BCUT2D eigenvalue weighted by Crippen LogP contribution is 2.30. The molecule has 0 radical (unpaired) electrons. The molecule has 0 saturated heterocycles. The molecule has 1 saturated carbocycles. The number of amides is 1. The number of hydrogen-bond donors (Lipinski definition) is 3. The van der Waals surface area contributed by atoms with E-state index in [0.717, 1.165) is 19.3 Å². The number of hydrogen-bond acceptors (Lipinski definition) is 3. The van der Waals surface area contributed by atoms with E-state index in [-0.39, 0.29) is 17.3 Å². The molecule has 0 aliphatic heterocycles. The van der Waals surface area contributed by atoms with Crippen molar-refractivity contribution >= 4 is 34.9 Å². The summed E-state index contributed by atoms with van der Waals surface area (Å²) in [6.07, 6.45) is 4.13. The molecule has 7 heteroatoms. The first-order valence-corrected chi connectivity index (χ1v) is 7.50. The summed E-state index contributed by atoms with van der Waals surface area (Å²) in [6, 6.07) is 4.68. The number of oxime groups is 1. The van der Waals surface area contributed by atoms with Gasteiger partial charge in [0.25, 0.3) is 5.91 Å². The van der Waals surface area contributed by atoms with Gasteiger partial charge in [0, 0.05) is 5.02 Å². The summed E-state index contributed by atoms with van der Waals surface area (Å²) < 4.78 is 0. The predicted octanol–water partition coefficient (Wildman–Crippen LogP) is 3.17. The van der Waals surface area contributed by atoms with Crippen LogP contribution in [-0.2, 0) is 0 Å². The zero-order chi connectivity index (χ0) is 15.5. The number of halogens is 2.